The Bertz CT molecular complexity index is 973. The Kier molecular flexibility index (Phi) is 22.2. The van der Waals surface area contributed by atoms with Crippen LogP contribution in [0.15, 0.2) is 91.2 Å². The molecule has 6 nitrogen and oxygen atoms in total. The third-order valence-electron chi connectivity index (χ3n) is 5.68. The first-order valence-electron chi connectivity index (χ1n) is 14.6. The molecule has 0 fully saturated rings. The highest BCUT2D eigenvalue weighted by Crippen LogP contribution is 2.01. The zero-order valence-corrected chi connectivity index (χ0v) is 24.5. The fourth-order valence-corrected chi connectivity index (χ4v) is 3.41. The lowest BCUT2D eigenvalue weighted by atomic mass is 10.2. The van der Waals surface area contributed by atoms with E-state index in [1.54, 1.807) is 12.3 Å². The minimum Gasteiger partial charge on any atom is -0.378 e. The number of nitrogens with zero attached hydrogens (tertiary/aromatic N) is 1. The highest BCUT2D eigenvalue weighted by molar-refractivity contribution is 5.93. The summed E-state index contributed by atoms with van der Waals surface area (Å²) in [6, 6.07) is 3.63. The summed E-state index contributed by atoms with van der Waals surface area (Å²) in [4.78, 5) is 28.2. The average molecular weight is 548 g/mol. The summed E-state index contributed by atoms with van der Waals surface area (Å²) in [6.07, 6.45) is 35.5. The van der Waals surface area contributed by atoms with E-state index in [0.29, 0.717) is 38.3 Å². The van der Waals surface area contributed by atoms with Gasteiger partial charge in [-0.3, -0.25) is 14.6 Å². The Balaban J connectivity index is 1.93. The third-order valence-corrected chi connectivity index (χ3v) is 5.68. The fraction of sp³-hybridized carbons (Fsp3) is 0.441. The van der Waals surface area contributed by atoms with Gasteiger partial charge in [0.05, 0.1) is 18.8 Å². The lowest BCUT2D eigenvalue weighted by Crippen LogP contribution is -2.30. The summed E-state index contributed by atoms with van der Waals surface area (Å²) in [5, 5.41) is 5.65. The van der Waals surface area contributed by atoms with Crippen molar-refractivity contribution in [3.63, 3.8) is 0 Å². The summed E-state index contributed by atoms with van der Waals surface area (Å²) in [6.45, 7) is 5.84. The Morgan fingerprint density at radius 1 is 0.725 bits per heavy atom. The van der Waals surface area contributed by atoms with Gasteiger partial charge >= 0.3 is 0 Å². The van der Waals surface area contributed by atoms with E-state index in [2.05, 4.69) is 89.4 Å². The second-order valence-electron chi connectivity index (χ2n) is 9.06. The van der Waals surface area contributed by atoms with E-state index < -0.39 is 0 Å². The minimum absolute atomic E-state index is 0.0134. The first-order chi connectivity index (χ1) is 19.7. The van der Waals surface area contributed by atoms with Gasteiger partial charge < -0.3 is 15.4 Å². The minimum atomic E-state index is -0.165. The number of pyridine rings is 1. The predicted octanol–water partition coefficient (Wildman–Crippen LogP) is 6.98. The van der Waals surface area contributed by atoms with Gasteiger partial charge in [-0.15, -0.1) is 0 Å². The Labute approximate surface area is 242 Å². The van der Waals surface area contributed by atoms with E-state index in [9.17, 15) is 9.59 Å². The highest BCUT2D eigenvalue weighted by atomic mass is 16.5. The van der Waals surface area contributed by atoms with Crippen molar-refractivity contribution in [2.24, 2.45) is 0 Å². The molecule has 0 bridgehead atoms. The van der Waals surface area contributed by atoms with Gasteiger partial charge in [0.15, 0.2) is 0 Å². The second kappa shape index (κ2) is 25.8. The molecule has 0 aliphatic rings. The van der Waals surface area contributed by atoms with Crippen LogP contribution in [-0.4, -0.2) is 43.1 Å². The number of aryl methyl sites for hydroxylation is 1. The maximum absolute atomic E-state index is 12.0. The van der Waals surface area contributed by atoms with E-state index in [1.165, 1.54) is 0 Å². The van der Waals surface area contributed by atoms with Crippen molar-refractivity contribution >= 4 is 11.8 Å². The van der Waals surface area contributed by atoms with Gasteiger partial charge in [-0.1, -0.05) is 86.8 Å². The SMILES string of the molecule is CCC=CCC=CCC=CCC=CCC=CCC=CCCC(=O)NCCOCCNC(=O)c1ccc(CC)nc1. The molecule has 40 heavy (non-hydrogen) atoms. The number of aromatic nitrogens is 1. The first kappa shape index (κ1) is 34.5. The fourth-order valence-electron chi connectivity index (χ4n) is 3.41. The summed E-state index contributed by atoms with van der Waals surface area (Å²) in [7, 11) is 0. The van der Waals surface area contributed by atoms with Gasteiger partial charge in [-0.05, 0) is 63.5 Å². The Hall–Kier alpha value is -3.51. The van der Waals surface area contributed by atoms with Crippen molar-refractivity contribution in [2.75, 3.05) is 26.3 Å². The first-order valence-corrected chi connectivity index (χ1v) is 14.6. The number of carbonyl (C=O) groups excluding carboxylic acids is 2. The molecule has 1 aromatic rings. The van der Waals surface area contributed by atoms with Crippen molar-refractivity contribution in [1.82, 2.24) is 15.6 Å². The standard InChI is InChI=1S/C34H49N3O3/c1-3-5-6-7-8-9-10-11-12-13-14-15-16-17-18-19-20-21-22-23-33(38)35-26-28-40-29-27-36-34(39)31-24-25-32(4-2)37-30-31/h5-6,8-9,11-12,14-15,17-18,20-21,24-25,30H,3-4,7,10,13,16,19,22-23,26-29H2,1-2H3,(H,35,38)(H,36,39). The number of allylic oxidation sites excluding steroid dienone is 12. The van der Waals surface area contributed by atoms with Crippen LogP contribution >= 0.6 is 0 Å². The average Bonchev–Trinajstić information content (AvgIpc) is 2.97. The van der Waals surface area contributed by atoms with Crippen molar-refractivity contribution < 1.29 is 14.3 Å². The lowest BCUT2D eigenvalue weighted by Gasteiger charge is -2.07. The molecule has 0 saturated heterocycles. The molecule has 0 spiro atoms. The van der Waals surface area contributed by atoms with Gasteiger partial charge in [0.25, 0.3) is 5.91 Å². The molecule has 0 unspecified atom stereocenters. The normalized spacial score (nSPS) is 12.2. The van der Waals surface area contributed by atoms with E-state index in [0.717, 1.165) is 57.1 Å². The molecular formula is C34H49N3O3. The Morgan fingerprint density at radius 3 is 1.75 bits per heavy atom. The van der Waals surface area contributed by atoms with E-state index in [4.69, 9.17) is 4.74 Å². The van der Waals surface area contributed by atoms with Gasteiger partial charge in [-0.25, -0.2) is 0 Å². The summed E-state index contributed by atoms with van der Waals surface area (Å²) >= 11 is 0. The van der Waals surface area contributed by atoms with Crippen LogP contribution in [0, 0.1) is 0 Å². The van der Waals surface area contributed by atoms with Crippen LogP contribution in [0.3, 0.4) is 0 Å². The van der Waals surface area contributed by atoms with Crippen molar-refractivity contribution in [2.45, 2.75) is 71.6 Å². The van der Waals surface area contributed by atoms with Crippen molar-refractivity contribution in [3.8, 4) is 0 Å². The molecule has 218 valence electrons. The third kappa shape index (κ3) is 20.5. The molecule has 6 heteroatoms. The van der Waals surface area contributed by atoms with Crippen LogP contribution in [-0.2, 0) is 16.0 Å². The molecular weight excluding hydrogens is 498 g/mol. The van der Waals surface area contributed by atoms with Gasteiger partial charge in [0.2, 0.25) is 5.91 Å². The van der Waals surface area contributed by atoms with Crippen LogP contribution in [0.2, 0.25) is 0 Å². The molecule has 0 aromatic carbocycles. The zero-order valence-electron chi connectivity index (χ0n) is 24.5. The maximum Gasteiger partial charge on any atom is 0.252 e. The van der Waals surface area contributed by atoms with E-state index in [-0.39, 0.29) is 11.8 Å². The molecule has 1 rings (SSSR count). The number of carbonyl (C=O) groups is 2. The molecule has 2 N–H and O–H groups in total. The number of rotatable bonds is 22. The number of nitrogens with one attached hydrogen (secondary N) is 2. The number of ether oxygens (including phenoxy) is 1. The molecule has 0 aliphatic heterocycles. The lowest BCUT2D eigenvalue weighted by molar-refractivity contribution is -0.121. The highest BCUT2D eigenvalue weighted by Gasteiger charge is 2.05. The topological polar surface area (TPSA) is 80.3 Å². The smallest absolute Gasteiger partial charge is 0.252 e. The molecule has 0 aliphatic carbocycles. The van der Waals surface area contributed by atoms with Gasteiger partial charge in [0.1, 0.15) is 0 Å². The molecule has 1 heterocycles. The largest absolute Gasteiger partial charge is 0.378 e. The van der Waals surface area contributed by atoms with Crippen molar-refractivity contribution in [1.29, 1.82) is 0 Å². The molecule has 0 radical (unpaired) electrons. The van der Waals surface area contributed by atoms with E-state index >= 15 is 0 Å². The quantitative estimate of drug-likeness (QED) is 0.121. The van der Waals surface area contributed by atoms with Crippen LogP contribution in [0.1, 0.15) is 81.3 Å². The molecule has 1 aromatic heterocycles. The zero-order chi connectivity index (χ0) is 28.9. The monoisotopic (exact) mass is 547 g/mol. The van der Waals surface area contributed by atoms with Crippen LogP contribution in [0.5, 0.6) is 0 Å². The molecule has 2 amide bonds. The number of hydrogen-bond acceptors (Lipinski definition) is 4. The Morgan fingerprint density at radius 2 is 1.25 bits per heavy atom. The molecule has 0 saturated carbocycles. The predicted molar refractivity (Wildman–Crippen MR) is 167 cm³/mol. The number of amides is 2. The van der Waals surface area contributed by atoms with Gasteiger partial charge in [0, 0.05) is 31.4 Å². The summed E-state index contributed by atoms with van der Waals surface area (Å²) in [5.41, 5.74) is 1.50. The van der Waals surface area contributed by atoms with E-state index in [1.807, 2.05) is 19.1 Å². The maximum atomic E-state index is 12.0. The second-order valence-corrected chi connectivity index (χ2v) is 9.06. The van der Waals surface area contributed by atoms with Crippen molar-refractivity contribution in [3.05, 3.63) is 102 Å². The van der Waals surface area contributed by atoms with Crippen LogP contribution in [0.25, 0.3) is 0 Å². The molecule has 0 atom stereocenters. The van der Waals surface area contributed by atoms with Gasteiger partial charge in [-0.2, -0.15) is 0 Å². The number of hydrogen-bond donors (Lipinski definition) is 2. The van der Waals surface area contributed by atoms with Crippen LogP contribution < -0.4 is 10.6 Å². The van der Waals surface area contributed by atoms with Crippen LogP contribution in [0.4, 0.5) is 0 Å². The summed E-state index contributed by atoms with van der Waals surface area (Å²) in [5.74, 6) is -0.152. The summed E-state index contributed by atoms with van der Waals surface area (Å²) < 4.78 is 5.47.